The fourth-order valence-corrected chi connectivity index (χ4v) is 2.25. The normalized spacial score (nSPS) is 10.6. The first-order chi connectivity index (χ1) is 10.4. The first kappa shape index (κ1) is 15.6. The molecule has 4 N–H and O–H groups in total. The Balaban J connectivity index is 2.30. The molecular weight excluding hydrogens is 286 g/mol. The lowest BCUT2D eigenvalue weighted by molar-refractivity contribution is -0.137. The third-order valence-electron chi connectivity index (χ3n) is 3.35. The zero-order chi connectivity index (χ0) is 16.3. The van der Waals surface area contributed by atoms with Crippen LogP contribution in [-0.2, 0) is 11.8 Å². The number of amides is 1. The minimum absolute atomic E-state index is 0.0109. The summed E-state index contributed by atoms with van der Waals surface area (Å²) in [6, 6.07) is 5.10. The molecule has 0 unspecified atom stereocenters. The van der Waals surface area contributed by atoms with Gasteiger partial charge in [0.1, 0.15) is 5.56 Å². The van der Waals surface area contributed by atoms with Crippen LogP contribution in [0.4, 0.5) is 5.69 Å². The smallest absolute Gasteiger partial charge is 0.303 e. The lowest BCUT2D eigenvalue weighted by atomic mass is 10.1. The second kappa shape index (κ2) is 6.30. The zero-order valence-electron chi connectivity index (χ0n) is 12.1. The largest absolute Gasteiger partial charge is 0.481 e. The van der Waals surface area contributed by atoms with Crippen LogP contribution in [0.25, 0.3) is 10.9 Å². The molecule has 0 bridgehead atoms. The molecule has 2 aromatic rings. The van der Waals surface area contributed by atoms with Crippen LogP contribution in [0.15, 0.2) is 29.2 Å². The van der Waals surface area contributed by atoms with Gasteiger partial charge in [0, 0.05) is 31.9 Å². The van der Waals surface area contributed by atoms with E-state index >= 15 is 0 Å². The minimum atomic E-state index is -0.927. The number of nitrogen functional groups attached to an aromatic ring is 1. The molecule has 2 rings (SSSR count). The van der Waals surface area contributed by atoms with Gasteiger partial charge in [-0.1, -0.05) is 6.07 Å². The molecule has 7 heteroatoms. The number of carboxylic acids is 1. The number of fused-ring (bicyclic) bond motifs is 1. The van der Waals surface area contributed by atoms with Crippen LogP contribution in [0.1, 0.15) is 23.2 Å². The fourth-order valence-electron chi connectivity index (χ4n) is 2.25. The highest BCUT2D eigenvalue weighted by Gasteiger charge is 2.15. The number of benzene rings is 1. The number of aliphatic carboxylic acids is 1. The topological polar surface area (TPSA) is 114 Å². The van der Waals surface area contributed by atoms with Crippen molar-refractivity contribution in [1.29, 1.82) is 0 Å². The van der Waals surface area contributed by atoms with E-state index in [0.29, 0.717) is 23.0 Å². The number of carboxylic acid groups (broad SMARTS) is 1. The summed E-state index contributed by atoms with van der Waals surface area (Å²) in [6.07, 6.45) is 1.72. The maximum Gasteiger partial charge on any atom is 0.303 e. The predicted octanol–water partition coefficient (Wildman–Crippen LogP) is 0.715. The van der Waals surface area contributed by atoms with Crippen molar-refractivity contribution in [3.63, 3.8) is 0 Å². The van der Waals surface area contributed by atoms with E-state index in [-0.39, 0.29) is 18.5 Å². The van der Waals surface area contributed by atoms with Crippen LogP contribution in [0.5, 0.6) is 0 Å². The van der Waals surface area contributed by atoms with Crippen molar-refractivity contribution < 1.29 is 14.7 Å². The van der Waals surface area contributed by atoms with Gasteiger partial charge in [-0.3, -0.25) is 14.4 Å². The molecule has 1 heterocycles. The van der Waals surface area contributed by atoms with Crippen molar-refractivity contribution in [1.82, 2.24) is 9.88 Å². The van der Waals surface area contributed by atoms with E-state index < -0.39 is 17.3 Å². The maximum atomic E-state index is 12.4. The van der Waals surface area contributed by atoms with E-state index in [9.17, 15) is 14.4 Å². The molecular formula is C15H17N3O4. The number of carbonyl (C=O) groups is 2. The number of hydrogen-bond donors (Lipinski definition) is 3. The van der Waals surface area contributed by atoms with Crippen molar-refractivity contribution in [2.75, 3.05) is 12.3 Å². The standard InChI is InChI=1S/C15H17N3O4/c1-18-8-9(15(22)17-7-3-6-12(19)20)14(21)13-10(16)4-2-5-11(13)18/h2,4-5,8H,3,6-7,16H2,1H3,(H,17,22)(H,19,20). The Labute approximate surface area is 126 Å². The molecule has 0 spiro atoms. The molecule has 1 aromatic heterocycles. The van der Waals surface area contributed by atoms with E-state index in [1.807, 2.05) is 0 Å². The van der Waals surface area contributed by atoms with E-state index in [1.54, 1.807) is 29.8 Å². The number of anilines is 1. The SMILES string of the molecule is Cn1cc(C(=O)NCCCC(=O)O)c(=O)c2c(N)cccc21. The third kappa shape index (κ3) is 3.08. The number of carbonyl (C=O) groups excluding carboxylic acids is 1. The number of hydrogen-bond acceptors (Lipinski definition) is 4. The Morgan fingerprint density at radius 2 is 2.09 bits per heavy atom. The van der Waals surface area contributed by atoms with Crippen LogP contribution in [0.3, 0.4) is 0 Å². The van der Waals surface area contributed by atoms with Crippen molar-refractivity contribution in [3.05, 3.63) is 40.2 Å². The van der Waals surface area contributed by atoms with Crippen LogP contribution in [0.2, 0.25) is 0 Å². The zero-order valence-corrected chi connectivity index (χ0v) is 12.1. The Hall–Kier alpha value is -2.83. The summed E-state index contributed by atoms with van der Waals surface area (Å²) in [4.78, 5) is 35.0. The second-order valence-corrected chi connectivity index (χ2v) is 4.98. The molecule has 0 aliphatic carbocycles. The number of rotatable bonds is 5. The van der Waals surface area contributed by atoms with E-state index in [2.05, 4.69) is 5.32 Å². The molecule has 22 heavy (non-hydrogen) atoms. The highest BCUT2D eigenvalue weighted by atomic mass is 16.4. The highest BCUT2D eigenvalue weighted by molar-refractivity contribution is 6.00. The molecule has 0 aliphatic rings. The molecule has 0 saturated heterocycles. The monoisotopic (exact) mass is 303 g/mol. The molecule has 1 aromatic carbocycles. The Kier molecular flexibility index (Phi) is 4.45. The quantitative estimate of drug-likeness (QED) is 0.556. The van der Waals surface area contributed by atoms with E-state index in [0.717, 1.165) is 0 Å². The van der Waals surface area contributed by atoms with Crippen molar-refractivity contribution in [2.24, 2.45) is 7.05 Å². The third-order valence-corrected chi connectivity index (χ3v) is 3.35. The number of aromatic nitrogens is 1. The average molecular weight is 303 g/mol. The summed E-state index contributed by atoms with van der Waals surface area (Å²) in [5, 5.41) is 11.4. The number of nitrogens with zero attached hydrogens (tertiary/aromatic N) is 1. The Morgan fingerprint density at radius 1 is 1.36 bits per heavy atom. The predicted molar refractivity (Wildman–Crippen MR) is 82.8 cm³/mol. The van der Waals surface area contributed by atoms with Gasteiger partial charge in [-0.2, -0.15) is 0 Å². The molecule has 0 aliphatic heterocycles. The summed E-state index contributed by atoms with van der Waals surface area (Å²) < 4.78 is 1.67. The van der Waals surface area contributed by atoms with Gasteiger partial charge in [0.25, 0.3) is 5.91 Å². The lowest BCUT2D eigenvalue weighted by Crippen LogP contribution is -2.30. The van der Waals surface area contributed by atoms with Crippen molar-refractivity contribution in [2.45, 2.75) is 12.8 Å². The first-order valence-corrected chi connectivity index (χ1v) is 6.79. The number of pyridine rings is 1. The van der Waals surface area contributed by atoms with E-state index in [1.165, 1.54) is 6.20 Å². The van der Waals surface area contributed by atoms with Crippen LogP contribution in [-0.4, -0.2) is 28.1 Å². The number of nitrogens with two attached hydrogens (primary N) is 1. The average Bonchev–Trinajstić information content (AvgIpc) is 2.46. The van der Waals surface area contributed by atoms with Crippen molar-refractivity contribution in [3.8, 4) is 0 Å². The van der Waals surface area contributed by atoms with Crippen LogP contribution in [0, 0.1) is 0 Å². The molecule has 0 atom stereocenters. The molecule has 0 fully saturated rings. The lowest BCUT2D eigenvalue weighted by Gasteiger charge is -2.10. The first-order valence-electron chi connectivity index (χ1n) is 6.79. The highest BCUT2D eigenvalue weighted by Crippen LogP contribution is 2.17. The van der Waals surface area contributed by atoms with E-state index in [4.69, 9.17) is 10.8 Å². The van der Waals surface area contributed by atoms with Gasteiger partial charge in [0.2, 0.25) is 5.43 Å². The second-order valence-electron chi connectivity index (χ2n) is 4.98. The van der Waals surface area contributed by atoms with Gasteiger partial charge >= 0.3 is 5.97 Å². The summed E-state index contributed by atoms with van der Waals surface area (Å²) in [6.45, 7) is 0.191. The summed E-state index contributed by atoms with van der Waals surface area (Å²) in [5.41, 5.74) is 6.36. The van der Waals surface area contributed by atoms with Crippen molar-refractivity contribution >= 4 is 28.5 Å². The van der Waals surface area contributed by atoms with Crippen LogP contribution >= 0.6 is 0 Å². The Morgan fingerprint density at radius 3 is 2.77 bits per heavy atom. The minimum Gasteiger partial charge on any atom is -0.481 e. The van der Waals surface area contributed by atoms with Gasteiger partial charge in [-0.05, 0) is 18.6 Å². The molecule has 0 radical (unpaired) electrons. The van der Waals surface area contributed by atoms with Crippen LogP contribution < -0.4 is 16.5 Å². The molecule has 7 nitrogen and oxygen atoms in total. The van der Waals surface area contributed by atoms with Gasteiger partial charge in [-0.15, -0.1) is 0 Å². The van der Waals surface area contributed by atoms with Gasteiger partial charge in [0.15, 0.2) is 0 Å². The fraction of sp³-hybridized carbons (Fsp3) is 0.267. The van der Waals surface area contributed by atoms with Gasteiger partial charge in [0.05, 0.1) is 10.9 Å². The molecule has 0 saturated carbocycles. The molecule has 1 amide bonds. The Bertz CT molecular complexity index is 795. The summed E-state index contributed by atoms with van der Waals surface area (Å²) in [7, 11) is 1.72. The number of aryl methyl sites for hydroxylation is 1. The maximum absolute atomic E-state index is 12.4. The van der Waals surface area contributed by atoms with Gasteiger partial charge in [-0.25, -0.2) is 0 Å². The number of nitrogens with one attached hydrogen (secondary N) is 1. The summed E-state index contributed by atoms with van der Waals surface area (Å²) in [5.74, 6) is -1.46. The summed E-state index contributed by atoms with van der Waals surface area (Å²) >= 11 is 0. The van der Waals surface area contributed by atoms with Gasteiger partial charge < -0.3 is 20.7 Å². The molecule has 116 valence electrons.